The number of hydrogen-bond acceptors (Lipinski definition) is 8. The van der Waals surface area contributed by atoms with Gasteiger partial charge in [0, 0.05) is 0 Å². The Morgan fingerprint density at radius 1 is 0.879 bits per heavy atom. The summed E-state index contributed by atoms with van der Waals surface area (Å²) in [5.41, 5.74) is 11.1. The summed E-state index contributed by atoms with van der Waals surface area (Å²) < 4.78 is 0. The van der Waals surface area contributed by atoms with E-state index in [4.69, 9.17) is 11.5 Å². The summed E-state index contributed by atoms with van der Waals surface area (Å²) in [6.07, 6.45) is 4.34. The zero-order chi connectivity index (χ0) is 25.6. The predicted octanol–water partition coefficient (Wildman–Crippen LogP) is -0.720. The van der Waals surface area contributed by atoms with E-state index in [-0.39, 0.29) is 12.3 Å². The van der Waals surface area contributed by atoms with Crippen molar-refractivity contribution in [2.24, 2.45) is 17.4 Å². The molecule has 0 radical (unpaired) electrons. The van der Waals surface area contributed by atoms with Gasteiger partial charge in [0.1, 0.15) is 18.1 Å². The molecule has 0 bridgehead atoms. The third kappa shape index (κ3) is 12.2. The Bertz CT molecular complexity index is 681. The van der Waals surface area contributed by atoms with E-state index in [9.17, 15) is 29.1 Å². The molecule has 0 aromatic carbocycles. The van der Waals surface area contributed by atoms with Crippen molar-refractivity contribution >= 4 is 53.1 Å². The highest BCUT2D eigenvalue weighted by Crippen LogP contribution is 2.10. The second-order valence-corrected chi connectivity index (χ2v) is 9.64. The number of carboxylic acid groups (broad SMARTS) is 1. The Labute approximate surface area is 203 Å². The lowest BCUT2D eigenvalue weighted by Crippen LogP contribution is -2.58. The molecule has 5 unspecified atom stereocenters. The van der Waals surface area contributed by atoms with Gasteiger partial charge in [-0.2, -0.15) is 23.5 Å². The fourth-order valence-electron chi connectivity index (χ4n) is 2.78. The van der Waals surface area contributed by atoms with Crippen LogP contribution in [0.5, 0.6) is 0 Å². The van der Waals surface area contributed by atoms with Crippen molar-refractivity contribution in [1.82, 2.24) is 16.0 Å². The number of amides is 4. The zero-order valence-corrected chi connectivity index (χ0v) is 21.2. The van der Waals surface area contributed by atoms with Gasteiger partial charge in [-0.25, -0.2) is 4.79 Å². The molecule has 0 saturated carbocycles. The van der Waals surface area contributed by atoms with Gasteiger partial charge in [0.2, 0.25) is 23.6 Å². The van der Waals surface area contributed by atoms with Crippen LogP contribution in [0.1, 0.15) is 39.5 Å². The number of carbonyl (C=O) groups is 5. The first-order valence-electron chi connectivity index (χ1n) is 10.6. The van der Waals surface area contributed by atoms with Crippen molar-refractivity contribution in [3.05, 3.63) is 0 Å². The third-order valence-electron chi connectivity index (χ3n) is 5.03. The molecule has 0 aliphatic heterocycles. The summed E-state index contributed by atoms with van der Waals surface area (Å²) in [7, 11) is 0. The molecule has 0 aromatic heterocycles. The number of hydrogen-bond donors (Lipinski definition) is 6. The Hall–Kier alpha value is -1.99. The number of rotatable bonds is 17. The first-order valence-corrected chi connectivity index (χ1v) is 13.4. The molecule has 33 heavy (non-hydrogen) atoms. The average Bonchev–Trinajstić information content (AvgIpc) is 2.76. The molecule has 190 valence electrons. The summed E-state index contributed by atoms with van der Waals surface area (Å²) in [6.45, 7) is 3.51. The highest BCUT2D eigenvalue weighted by Gasteiger charge is 2.32. The molecule has 5 atom stereocenters. The van der Waals surface area contributed by atoms with Crippen LogP contribution in [0.15, 0.2) is 0 Å². The smallest absolute Gasteiger partial charge is 0.326 e. The summed E-state index contributed by atoms with van der Waals surface area (Å²) in [6, 6.07) is -4.37. The molecule has 0 aliphatic carbocycles. The van der Waals surface area contributed by atoms with Crippen LogP contribution in [0.4, 0.5) is 0 Å². The summed E-state index contributed by atoms with van der Waals surface area (Å²) in [4.78, 5) is 61.0. The first kappa shape index (κ1) is 31.0. The zero-order valence-electron chi connectivity index (χ0n) is 19.6. The minimum absolute atomic E-state index is 0.218. The van der Waals surface area contributed by atoms with Crippen LogP contribution >= 0.6 is 23.5 Å². The van der Waals surface area contributed by atoms with Crippen LogP contribution in [0.2, 0.25) is 0 Å². The minimum atomic E-state index is -1.32. The van der Waals surface area contributed by atoms with Crippen molar-refractivity contribution in [1.29, 1.82) is 0 Å². The fourth-order valence-corrected chi connectivity index (χ4v) is 3.74. The van der Waals surface area contributed by atoms with Gasteiger partial charge < -0.3 is 32.5 Å². The molecule has 0 spiro atoms. The molecule has 8 N–H and O–H groups in total. The van der Waals surface area contributed by atoms with Gasteiger partial charge in [0.05, 0.1) is 12.5 Å². The van der Waals surface area contributed by atoms with Gasteiger partial charge >= 0.3 is 5.97 Å². The Kier molecular flexibility index (Phi) is 15.6. The van der Waals surface area contributed by atoms with Gasteiger partial charge in [-0.3, -0.25) is 19.2 Å². The van der Waals surface area contributed by atoms with E-state index in [2.05, 4.69) is 16.0 Å². The molecule has 11 nitrogen and oxygen atoms in total. The first-order chi connectivity index (χ1) is 15.5. The number of carboxylic acids is 1. The molecule has 0 aliphatic rings. The Morgan fingerprint density at radius 3 is 1.88 bits per heavy atom. The lowest BCUT2D eigenvalue weighted by atomic mass is 9.98. The van der Waals surface area contributed by atoms with Crippen molar-refractivity contribution in [3.8, 4) is 0 Å². The van der Waals surface area contributed by atoms with Gasteiger partial charge in [0.15, 0.2) is 0 Å². The van der Waals surface area contributed by atoms with Crippen LogP contribution < -0.4 is 27.4 Å². The maximum absolute atomic E-state index is 12.9. The van der Waals surface area contributed by atoms with Crippen molar-refractivity contribution < 1.29 is 29.1 Å². The molecule has 13 heteroatoms. The third-order valence-corrected chi connectivity index (χ3v) is 6.32. The topological polar surface area (TPSA) is 194 Å². The fraction of sp³-hybridized carbons (Fsp3) is 0.750. The molecule has 0 aromatic rings. The second-order valence-electron chi connectivity index (χ2n) is 7.67. The quantitative estimate of drug-likeness (QED) is 0.147. The van der Waals surface area contributed by atoms with Crippen LogP contribution in [0.3, 0.4) is 0 Å². The number of thioether (sulfide) groups is 2. The SMILES string of the molecule is CCC(C)C(NC(=O)C(CCSC)NC(=O)C(CC(N)=O)NC(=O)C(N)CCSC)C(=O)O. The van der Waals surface area contributed by atoms with E-state index in [1.165, 1.54) is 23.5 Å². The van der Waals surface area contributed by atoms with Gasteiger partial charge in [0.25, 0.3) is 0 Å². The Balaban J connectivity index is 5.47. The van der Waals surface area contributed by atoms with E-state index in [1.54, 1.807) is 13.8 Å². The largest absolute Gasteiger partial charge is 0.480 e. The Morgan fingerprint density at radius 2 is 1.39 bits per heavy atom. The summed E-state index contributed by atoms with van der Waals surface area (Å²) >= 11 is 2.95. The number of aliphatic carboxylic acids is 1. The molecular formula is C20H37N5O6S2. The van der Waals surface area contributed by atoms with Crippen molar-refractivity contribution in [2.75, 3.05) is 24.0 Å². The minimum Gasteiger partial charge on any atom is -0.480 e. The molecule has 0 rings (SSSR count). The number of carbonyl (C=O) groups excluding carboxylic acids is 4. The van der Waals surface area contributed by atoms with E-state index in [1.807, 2.05) is 12.5 Å². The lowest BCUT2D eigenvalue weighted by molar-refractivity contribution is -0.144. The lowest BCUT2D eigenvalue weighted by Gasteiger charge is -2.26. The molecule has 0 saturated heterocycles. The van der Waals surface area contributed by atoms with Crippen LogP contribution in [-0.4, -0.2) is 82.9 Å². The van der Waals surface area contributed by atoms with Gasteiger partial charge in [-0.15, -0.1) is 0 Å². The predicted molar refractivity (Wildman–Crippen MR) is 131 cm³/mol. The van der Waals surface area contributed by atoms with E-state index >= 15 is 0 Å². The van der Waals surface area contributed by atoms with Gasteiger partial charge in [-0.05, 0) is 42.8 Å². The highest BCUT2D eigenvalue weighted by molar-refractivity contribution is 7.98. The number of nitrogens with two attached hydrogens (primary N) is 2. The number of nitrogens with one attached hydrogen (secondary N) is 3. The maximum Gasteiger partial charge on any atom is 0.326 e. The summed E-state index contributed by atoms with van der Waals surface area (Å²) in [5, 5.41) is 16.9. The van der Waals surface area contributed by atoms with Gasteiger partial charge in [-0.1, -0.05) is 20.3 Å². The van der Waals surface area contributed by atoms with Crippen LogP contribution in [-0.2, 0) is 24.0 Å². The van der Waals surface area contributed by atoms with E-state index < -0.39 is 60.2 Å². The van der Waals surface area contributed by atoms with E-state index in [0.29, 0.717) is 24.3 Å². The standard InChI is InChI=1S/C20H37N5O6S2/c1-5-11(2)16(20(30)31)25-18(28)13(7-9-33-4)23-19(29)14(10-15(22)26)24-17(27)12(21)6-8-32-3/h11-14,16H,5-10,21H2,1-4H3,(H2,22,26)(H,23,29)(H,24,27)(H,25,28)(H,30,31). The normalized spacial score (nSPS) is 15.4. The van der Waals surface area contributed by atoms with Crippen molar-refractivity contribution in [2.45, 2.75) is 63.7 Å². The average molecular weight is 508 g/mol. The molecular weight excluding hydrogens is 470 g/mol. The monoisotopic (exact) mass is 507 g/mol. The highest BCUT2D eigenvalue weighted by atomic mass is 32.2. The number of primary amides is 1. The molecule has 0 fully saturated rings. The molecule has 0 heterocycles. The second kappa shape index (κ2) is 16.6. The summed E-state index contributed by atoms with van der Waals surface area (Å²) in [5.74, 6) is -3.23. The maximum atomic E-state index is 12.9. The van der Waals surface area contributed by atoms with Crippen LogP contribution in [0, 0.1) is 5.92 Å². The van der Waals surface area contributed by atoms with Crippen molar-refractivity contribution in [3.63, 3.8) is 0 Å². The van der Waals surface area contributed by atoms with Crippen LogP contribution in [0.25, 0.3) is 0 Å². The molecule has 4 amide bonds. The van der Waals surface area contributed by atoms with E-state index in [0.717, 1.165) is 0 Å².